The number of imide groups is 1. The van der Waals surface area contributed by atoms with Crippen LogP contribution >= 0.6 is 0 Å². The number of nitrogens with one attached hydrogen (secondary N) is 1. The first kappa shape index (κ1) is 17.3. The van der Waals surface area contributed by atoms with E-state index in [0.29, 0.717) is 11.4 Å². The van der Waals surface area contributed by atoms with Gasteiger partial charge in [-0.25, -0.2) is 9.69 Å². The van der Waals surface area contributed by atoms with Crippen LogP contribution in [-0.2, 0) is 4.79 Å². The van der Waals surface area contributed by atoms with Gasteiger partial charge in [0, 0.05) is 24.2 Å². The van der Waals surface area contributed by atoms with Gasteiger partial charge in [0.05, 0.1) is 7.11 Å². The van der Waals surface area contributed by atoms with E-state index in [0.717, 1.165) is 16.2 Å². The van der Waals surface area contributed by atoms with Crippen molar-refractivity contribution in [3.8, 4) is 17.1 Å². The smallest absolute Gasteiger partial charge is 0.335 e. The average Bonchev–Trinajstić information content (AvgIpc) is 3.12. The Kier molecular flexibility index (Phi) is 5.03. The van der Waals surface area contributed by atoms with E-state index < -0.39 is 11.9 Å². The van der Waals surface area contributed by atoms with Crippen molar-refractivity contribution < 1.29 is 18.7 Å². The van der Waals surface area contributed by atoms with Gasteiger partial charge in [-0.2, -0.15) is 0 Å². The summed E-state index contributed by atoms with van der Waals surface area (Å²) < 4.78 is 10.9. The summed E-state index contributed by atoms with van der Waals surface area (Å²) in [7, 11) is 1.59. The predicted octanol–water partition coefficient (Wildman–Crippen LogP) is 4.54. The van der Waals surface area contributed by atoms with E-state index >= 15 is 0 Å². The summed E-state index contributed by atoms with van der Waals surface area (Å²) in [5.41, 5.74) is 1.40. The fourth-order valence-electron chi connectivity index (χ4n) is 2.46. The molecule has 0 atom stereocenters. The second kappa shape index (κ2) is 7.57. The van der Waals surface area contributed by atoms with Crippen molar-refractivity contribution in [1.29, 1.82) is 0 Å². The second-order valence-electron chi connectivity index (χ2n) is 5.52. The van der Waals surface area contributed by atoms with Crippen molar-refractivity contribution in [3.63, 3.8) is 0 Å². The number of ether oxygens (including phenoxy) is 1. The van der Waals surface area contributed by atoms with E-state index in [1.807, 2.05) is 30.3 Å². The molecule has 0 saturated heterocycles. The van der Waals surface area contributed by atoms with Gasteiger partial charge >= 0.3 is 6.03 Å². The van der Waals surface area contributed by atoms with Crippen LogP contribution in [0.1, 0.15) is 6.92 Å². The normalized spacial score (nSPS) is 10.2. The van der Waals surface area contributed by atoms with Crippen LogP contribution in [0.4, 0.5) is 16.4 Å². The predicted molar refractivity (Wildman–Crippen MR) is 99.3 cm³/mol. The van der Waals surface area contributed by atoms with Crippen LogP contribution < -0.4 is 15.0 Å². The maximum atomic E-state index is 12.5. The molecular formula is C20H18N2O4. The third kappa shape index (κ3) is 3.75. The molecule has 0 unspecified atom stereocenters. The number of furan rings is 1. The zero-order valence-corrected chi connectivity index (χ0v) is 14.4. The van der Waals surface area contributed by atoms with Gasteiger partial charge in [-0.1, -0.05) is 18.2 Å². The highest BCUT2D eigenvalue weighted by atomic mass is 16.5. The highest BCUT2D eigenvalue weighted by molar-refractivity contribution is 6.17. The van der Waals surface area contributed by atoms with Gasteiger partial charge < -0.3 is 14.5 Å². The van der Waals surface area contributed by atoms with Crippen LogP contribution in [0.5, 0.6) is 5.75 Å². The minimum atomic E-state index is -0.584. The van der Waals surface area contributed by atoms with Crippen LogP contribution in [-0.4, -0.2) is 19.0 Å². The molecule has 0 aliphatic rings. The van der Waals surface area contributed by atoms with E-state index in [4.69, 9.17) is 9.15 Å². The number of nitrogens with zero attached hydrogens (tertiary/aromatic N) is 1. The van der Waals surface area contributed by atoms with Crippen molar-refractivity contribution in [2.75, 3.05) is 17.3 Å². The maximum absolute atomic E-state index is 12.5. The lowest BCUT2D eigenvalue weighted by molar-refractivity contribution is -0.115. The van der Waals surface area contributed by atoms with Crippen LogP contribution in [0.3, 0.4) is 0 Å². The standard InChI is InChI=1S/C20H18N2O4/c1-14(23)22(20(24)21-16-6-4-3-5-7-16)19-13-12-18(26-19)15-8-10-17(25-2)11-9-15/h3-13H,1-2H3,(H,21,24). The molecule has 26 heavy (non-hydrogen) atoms. The number of carbonyl (C=O) groups excluding carboxylic acids is 2. The topological polar surface area (TPSA) is 71.8 Å². The van der Waals surface area contributed by atoms with E-state index in [-0.39, 0.29) is 5.88 Å². The molecule has 3 aromatic rings. The van der Waals surface area contributed by atoms with E-state index in [9.17, 15) is 9.59 Å². The molecule has 0 aliphatic carbocycles. The van der Waals surface area contributed by atoms with Gasteiger partial charge in [-0.15, -0.1) is 0 Å². The van der Waals surface area contributed by atoms with Gasteiger partial charge in [0.25, 0.3) is 0 Å². The van der Waals surface area contributed by atoms with Crippen LogP contribution in [0.2, 0.25) is 0 Å². The van der Waals surface area contributed by atoms with Crippen LogP contribution in [0, 0.1) is 0 Å². The van der Waals surface area contributed by atoms with Crippen molar-refractivity contribution in [3.05, 3.63) is 66.7 Å². The second-order valence-corrected chi connectivity index (χ2v) is 5.52. The molecule has 1 aromatic heterocycles. The van der Waals surface area contributed by atoms with Crippen molar-refractivity contribution in [2.45, 2.75) is 6.92 Å². The largest absolute Gasteiger partial charge is 0.497 e. The van der Waals surface area contributed by atoms with Crippen molar-refractivity contribution in [1.82, 2.24) is 0 Å². The number of anilines is 2. The van der Waals surface area contributed by atoms with E-state index in [1.165, 1.54) is 6.92 Å². The zero-order valence-electron chi connectivity index (χ0n) is 14.4. The Bertz CT molecular complexity index is 901. The molecule has 2 aromatic carbocycles. The molecular weight excluding hydrogens is 332 g/mol. The molecule has 0 spiro atoms. The summed E-state index contributed by atoms with van der Waals surface area (Å²) in [4.78, 5) is 25.5. The lowest BCUT2D eigenvalue weighted by Gasteiger charge is -2.17. The molecule has 6 nitrogen and oxygen atoms in total. The molecule has 6 heteroatoms. The van der Waals surface area contributed by atoms with E-state index in [1.54, 1.807) is 43.5 Å². The minimum Gasteiger partial charge on any atom is -0.497 e. The number of hydrogen-bond acceptors (Lipinski definition) is 4. The Morgan fingerprint density at radius 2 is 1.65 bits per heavy atom. The van der Waals surface area contributed by atoms with Gasteiger partial charge in [0.1, 0.15) is 11.5 Å². The number of hydrogen-bond donors (Lipinski definition) is 1. The van der Waals surface area contributed by atoms with Crippen molar-refractivity contribution >= 4 is 23.5 Å². The summed E-state index contributed by atoms with van der Waals surface area (Å²) in [6, 6.07) is 18.9. The SMILES string of the molecule is COc1ccc(-c2ccc(N(C(C)=O)C(=O)Nc3ccccc3)o2)cc1. The first-order valence-electron chi connectivity index (χ1n) is 7.99. The Balaban J connectivity index is 1.83. The highest BCUT2D eigenvalue weighted by Crippen LogP contribution is 2.29. The number of para-hydroxylation sites is 1. The number of rotatable bonds is 4. The third-order valence-corrected chi connectivity index (χ3v) is 3.73. The lowest BCUT2D eigenvalue weighted by atomic mass is 10.2. The Labute approximate surface area is 151 Å². The highest BCUT2D eigenvalue weighted by Gasteiger charge is 2.24. The summed E-state index contributed by atoms with van der Waals surface area (Å²) in [5.74, 6) is 0.973. The maximum Gasteiger partial charge on any atom is 0.335 e. The fraction of sp³-hybridized carbons (Fsp3) is 0.100. The molecule has 1 N–H and O–H groups in total. The van der Waals surface area contributed by atoms with Crippen LogP contribution in [0.15, 0.2) is 71.1 Å². The Morgan fingerprint density at radius 1 is 0.962 bits per heavy atom. The van der Waals surface area contributed by atoms with Gasteiger partial charge in [-0.3, -0.25) is 4.79 Å². The lowest BCUT2D eigenvalue weighted by Crippen LogP contribution is -2.38. The number of carbonyl (C=O) groups is 2. The number of amides is 3. The quantitative estimate of drug-likeness (QED) is 0.750. The fourth-order valence-corrected chi connectivity index (χ4v) is 2.46. The third-order valence-electron chi connectivity index (χ3n) is 3.73. The molecule has 132 valence electrons. The summed E-state index contributed by atoms with van der Waals surface area (Å²) in [6.45, 7) is 1.31. The molecule has 0 saturated carbocycles. The summed E-state index contributed by atoms with van der Waals surface area (Å²) >= 11 is 0. The van der Waals surface area contributed by atoms with Gasteiger partial charge in [0.2, 0.25) is 11.8 Å². The molecule has 1 heterocycles. The zero-order chi connectivity index (χ0) is 18.5. The Morgan fingerprint density at radius 3 is 2.27 bits per heavy atom. The average molecular weight is 350 g/mol. The number of methoxy groups -OCH3 is 1. The molecule has 0 aliphatic heterocycles. The molecule has 3 rings (SSSR count). The van der Waals surface area contributed by atoms with Gasteiger partial charge in [0.15, 0.2) is 0 Å². The first-order valence-corrected chi connectivity index (χ1v) is 7.99. The van der Waals surface area contributed by atoms with Crippen molar-refractivity contribution in [2.24, 2.45) is 0 Å². The van der Waals surface area contributed by atoms with Gasteiger partial charge in [-0.05, 0) is 42.5 Å². The first-order chi connectivity index (χ1) is 12.6. The molecule has 0 fully saturated rings. The number of urea groups is 1. The molecule has 3 amide bonds. The number of benzene rings is 2. The summed E-state index contributed by atoms with van der Waals surface area (Å²) in [6.07, 6.45) is 0. The Hall–Kier alpha value is -3.54. The van der Waals surface area contributed by atoms with Crippen LogP contribution in [0.25, 0.3) is 11.3 Å². The van der Waals surface area contributed by atoms with E-state index in [2.05, 4.69) is 5.32 Å². The minimum absolute atomic E-state index is 0.150. The molecule has 0 radical (unpaired) electrons. The molecule has 0 bridgehead atoms. The summed E-state index contributed by atoms with van der Waals surface area (Å²) in [5, 5.41) is 2.68. The monoisotopic (exact) mass is 350 g/mol.